The van der Waals surface area contributed by atoms with E-state index in [1.54, 1.807) is 0 Å². The van der Waals surface area contributed by atoms with Crippen LogP contribution in [0.4, 0.5) is 5.82 Å². The molecule has 1 aliphatic rings. The van der Waals surface area contributed by atoms with Crippen LogP contribution in [0.5, 0.6) is 11.5 Å². The maximum Gasteiger partial charge on any atom is 0.161 e. The van der Waals surface area contributed by atoms with Crippen molar-refractivity contribution in [1.82, 2.24) is 9.97 Å². The van der Waals surface area contributed by atoms with Crippen LogP contribution in [0.1, 0.15) is 11.5 Å². The highest BCUT2D eigenvalue weighted by Gasteiger charge is 2.22. The minimum Gasteiger partial charge on any atom is -0.486 e. The summed E-state index contributed by atoms with van der Waals surface area (Å²) in [6.45, 7) is 5.14. The number of hydrogen-bond donors (Lipinski definition) is 0. The molecule has 1 aliphatic heterocycles. The van der Waals surface area contributed by atoms with Gasteiger partial charge in [-0.15, -0.1) is 0 Å². The number of ether oxygens (including phenoxy) is 2. The molecule has 110 valence electrons. The van der Waals surface area contributed by atoms with E-state index in [0.29, 0.717) is 13.2 Å². The molecule has 0 saturated heterocycles. The molecule has 0 bridgehead atoms. The van der Waals surface area contributed by atoms with E-state index in [-0.39, 0.29) is 6.10 Å². The third-order valence-electron chi connectivity index (χ3n) is 3.39. The molecule has 5 heteroatoms. The van der Waals surface area contributed by atoms with Gasteiger partial charge in [-0.1, -0.05) is 12.1 Å². The molecule has 0 aliphatic carbocycles. The lowest BCUT2D eigenvalue weighted by molar-refractivity contribution is 0.0959. The second-order valence-corrected chi connectivity index (χ2v) is 5.29. The summed E-state index contributed by atoms with van der Waals surface area (Å²) in [6.07, 6.45) is -0.0134. The van der Waals surface area contributed by atoms with E-state index < -0.39 is 0 Å². The van der Waals surface area contributed by atoms with E-state index in [9.17, 15) is 0 Å². The highest BCUT2D eigenvalue weighted by Crippen LogP contribution is 2.31. The fourth-order valence-electron chi connectivity index (χ4n) is 2.44. The summed E-state index contributed by atoms with van der Waals surface area (Å²) in [5, 5.41) is 0. The van der Waals surface area contributed by atoms with Gasteiger partial charge in [-0.05, 0) is 26.0 Å². The number of hydrogen-bond acceptors (Lipinski definition) is 5. The third-order valence-corrected chi connectivity index (χ3v) is 3.39. The van der Waals surface area contributed by atoms with Crippen molar-refractivity contribution in [1.29, 1.82) is 0 Å². The summed E-state index contributed by atoms with van der Waals surface area (Å²) in [4.78, 5) is 10.8. The van der Waals surface area contributed by atoms with E-state index in [2.05, 4.69) is 14.9 Å². The van der Waals surface area contributed by atoms with Gasteiger partial charge < -0.3 is 14.4 Å². The van der Waals surface area contributed by atoms with Crippen LogP contribution in [0.15, 0.2) is 30.3 Å². The highest BCUT2D eigenvalue weighted by molar-refractivity contribution is 5.42. The lowest BCUT2D eigenvalue weighted by atomic mass is 10.2. The Balaban J connectivity index is 1.70. The van der Waals surface area contributed by atoms with Gasteiger partial charge in [0.1, 0.15) is 18.2 Å². The number of nitrogens with zero attached hydrogens (tertiary/aromatic N) is 3. The second-order valence-electron chi connectivity index (χ2n) is 5.29. The van der Waals surface area contributed by atoms with Crippen LogP contribution in [-0.4, -0.2) is 36.3 Å². The highest BCUT2D eigenvalue weighted by atomic mass is 16.6. The Labute approximate surface area is 124 Å². The first-order valence-corrected chi connectivity index (χ1v) is 7.04. The average Bonchev–Trinajstić information content (AvgIpc) is 2.46. The lowest BCUT2D eigenvalue weighted by Crippen LogP contribution is -2.39. The van der Waals surface area contributed by atoms with Crippen molar-refractivity contribution in [2.45, 2.75) is 20.0 Å². The normalized spacial score (nSPS) is 16.6. The van der Waals surface area contributed by atoms with Gasteiger partial charge in [0.15, 0.2) is 17.6 Å². The number of fused-ring (bicyclic) bond motifs is 1. The first-order chi connectivity index (χ1) is 10.1. The molecule has 0 fully saturated rings. The Bertz CT molecular complexity index is 625. The Morgan fingerprint density at radius 2 is 1.95 bits per heavy atom. The molecule has 3 rings (SSSR count). The second kappa shape index (κ2) is 5.60. The van der Waals surface area contributed by atoms with Crippen LogP contribution >= 0.6 is 0 Å². The zero-order valence-electron chi connectivity index (χ0n) is 12.5. The quantitative estimate of drug-likeness (QED) is 0.866. The van der Waals surface area contributed by atoms with Crippen LogP contribution in [0.3, 0.4) is 0 Å². The Morgan fingerprint density at radius 3 is 2.71 bits per heavy atom. The summed E-state index contributed by atoms with van der Waals surface area (Å²) < 4.78 is 11.7. The number of aryl methyl sites for hydroxylation is 2. The molecule has 21 heavy (non-hydrogen) atoms. The Morgan fingerprint density at radius 1 is 1.19 bits per heavy atom. The van der Waals surface area contributed by atoms with Crippen LogP contribution < -0.4 is 14.4 Å². The van der Waals surface area contributed by atoms with Crippen molar-refractivity contribution in [2.75, 3.05) is 25.1 Å². The van der Waals surface area contributed by atoms with E-state index in [1.807, 2.05) is 51.2 Å². The molecule has 2 aromatic rings. The molecule has 0 spiro atoms. The van der Waals surface area contributed by atoms with Crippen molar-refractivity contribution in [3.63, 3.8) is 0 Å². The molecule has 0 radical (unpaired) electrons. The molecule has 0 amide bonds. The molecule has 0 N–H and O–H groups in total. The van der Waals surface area contributed by atoms with Crippen LogP contribution in [0.25, 0.3) is 0 Å². The molecule has 5 nitrogen and oxygen atoms in total. The van der Waals surface area contributed by atoms with Crippen LogP contribution in [-0.2, 0) is 0 Å². The number of benzene rings is 1. The van der Waals surface area contributed by atoms with Gasteiger partial charge in [0, 0.05) is 18.8 Å². The van der Waals surface area contributed by atoms with Gasteiger partial charge >= 0.3 is 0 Å². The van der Waals surface area contributed by atoms with Crippen molar-refractivity contribution in [3.05, 3.63) is 41.9 Å². The van der Waals surface area contributed by atoms with Gasteiger partial charge in [-0.3, -0.25) is 0 Å². The average molecular weight is 285 g/mol. The molecule has 1 atom stereocenters. The van der Waals surface area contributed by atoms with E-state index in [0.717, 1.165) is 28.8 Å². The monoisotopic (exact) mass is 285 g/mol. The minimum atomic E-state index is -0.0134. The summed E-state index contributed by atoms with van der Waals surface area (Å²) in [6, 6.07) is 9.73. The number of para-hydroxylation sites is 2. The Kier molecular flexibility index (Phi) is 3.64. The SMILES string of the molecule is Cc1cc(N(C)CC2COc3ccccc3O2)nc(C)n1. The van der Waals surface area contributed by atoms with Crippen molar-refractivity contribution < 1.29 is 9.47 Å². The summed E-state index contributed by atoms with van der Waals surface area (Å²) in [7, 11) is 2.01. The van der Waals surface area contributed by atoms with Gasteiger partial charge in [-0.2, -0.15) is 0 Å². The largest absolute Gasteiger partial charge is 0.486 e. The molecule has 1 aromatic heterocycles. The number of aromatic nitrogens is 2. The zero-order valence-corrected chi connectivity index (χ0v) is 12.5. The number of likely N-dealkylation sites (N-methyl/N-ethyl adjacent to an activating group) is 1. The third kappa shape index (κ3) is 3.07. The first kappa shape index (κ1) is 13.7. The fraction of sp³-hybridized carbons (Fsp3) is 0.375. The van der Waals surface area contributed by atoms with Gasteiger partial charge in [0.25, 0.3) is 0 Å². The molecular weight excluding hydrogens is 266 g/mol. The van der Waals surface area contributed by atoms with Gasteiger partial charge in [0.2, 0.25) is 0 Å². The summed E-state index contributed by atoms with van der Waals surface area (Å²) in [5.41, 5.74) is 0.968. The smallest absolute Gasteiger partial charge is 0.161 e. The van der Waals surface area contributed by atoms with E-state index >= 15 is 0 Å². The summed E-state index contributed by atoms with van der Waals surface area (Å²) in [5.74, 6) is 3.30. The first-order valence-electron chi connectivity index (χ1n) is 7.04. The van der Waals surface area contributed by atoms with Gasteiger partial charge in [0.05, 0.1) is 6.54 Å². The molecule has 1 unspecified atom stereocenters. The van der Waals surface area contributed by atoms with E-state index in [4.69, 9.17) is 9.47 Å². The van der Waals surface area contributed by atoms with Gasteiger partial charge in [-0.25, -0.2) is 9.97 Å². The maximum absolute atomic E-state index is 5.97. The topological polar surface area (TPSA) is 47.5 Å². The Hall–Kier alpha value is -2.30. The summed E-state index contributed by atoms with van der Waals surface area (Å²) >= 11 is 0. The molecule has 0 saturated carbocycles. The van der Waals surface area contributed by atoms with Crippen molar-refractivity contribution in [3.8, 4) is 11.5 Å². The number of rotatable bonds is 3. The minimum absolute atomic E-state index is 0.0134. The lowest BCUT2D eigenvalue weighted by Gasteiger charge is -2.30. The standard InChI is InChI=1S/C16H19N3O2/c1-11-8-16(18-12(2)17-11)19(3)9-13-10-20-14-6-4-5-7-15(14)21-13/h4-8,13H,9-10H2,1-3H3. The van der Waals surface area contributed by atoms with E-state index in [1.165, 1.54) is 0 Å². The van der Waals surface area contributed by atoms with Crippen molar-refractivity contribution in [2.24, 2.45) is 0 Å². The van der Waals surface area contributed by atoms with Crippen LogP contribution in [0.2, 0.25) is 0 Å². The van der Waals surface area contributed by atoms with Crippen molar-refractivity contribution >= 4 is 5.82 Å². The fourth-order valence-corrected chi connectivity index (χ4v) is 2.44. The molecular formula is C16H19N3O2. The molecule has 2 heterocycles. The zero-order chi connectivity index (χ0) is 14.8. The number of anilines is 1. The maximum atomic E-state index is 5.97. The predicted octanol–water partition coefficient (Wildman–Crippen LogP) is 2.37. The van der Waals surface area contributed by atoms with Crippen LogP contribution in [0, 0.1) is 13.8 Å². The predicted molar refractivity (Wildman–Crippen MR) is 81.1 cm³/mol. The molecule has 1 aromatic carbocycles.